The number of nitrogens with zero attached hydrogens (tertiary/aromatic N) is 1. The van der Waals surface area contributed by atoms with Gasteiger partial charge >= 0.3 is 0 Å². The number of piperidine rings is 1. The number of benzene rings is 2. The second kappa shape index (κ2) is 8.66. The van der Waals surface area contributed by atoms with Crippen molar-refractivity contribution in [3.05, 3.63) is 78.1 Å². The van der Waals surface area contributed by atoms with Crippen molar-refractivity contribution in [3.63, 3.8) is 0 Å². The molecule has 0 bridgehead atoms. The van der Waals surface area contributed by atoms with E-state index in [1.165, 1.54) is 5.56 Å². The van der Waals surface area contributed by atoms with E-state index < -0.39 is 10.0 Å². The second-order valence-corrected chi connectivity index (χ2v) is 9.77. The van der Waals surface area contributed by atoms with Crippen LogP contribution < -0.4 is 10.0 Å². The zero-order valence-corrected chi connectivity index (χ0v) is 18.3. The average molecular weight is 424 g/mol. The minimum absolute atomic E-state index is 0.0261. The summed E-state index contributed by atoms with van der Waals surface area (Å²) in [4.78, 5) is 2.24. The molecule has 0 amide bonds. The Hall–Kier alpha value is -2.57. The van der Waals surface area contributed by atoms with E-state index in [9.17, 15) is 8.42 Å². The molecule has 2 aliphatic rings. The molecule has 5 nitrogen and oxygen atoms in total. The van der Waals surface area contributed by atoms with Gasteiger partial charge in [0.05, 0.1) is 10.9 Å². The second-order valence-electron chi connectivity index (χ2n) is 8.08. The van der Waals surface area contributed by atoms with Gasteiger partial charge in [-0.3, -0.25) is 4.72 Å². The van der Waals surface area contributed by atoms with Gasteiger partial charge in [-0.1, -0.05) is 36.4 Å². The monoisotopic (exact) mass is 423 g/mol. The van der Waals surface area contributed by atoms with E-state index in [-0.39, 0.29) is 10.9 Å². The molecule has 1 saturated heterocycles. The number of allylic oxidation sites excluding steroid dienone is 2. The summed E-state index contributed by atoms with van der Waals surface area (Å²) in [5, 5.41) is 3.41. The Morgan fingerprint density at radius 1 is 1.03 bits per heavy atom. The van der Waals surface area contributed by atoms with Gasteiger partial charge in [-0.15, -0.1) is 0 Å². The summed E-state index contributed by atoms with van der Waals surface area (Å²) >= 11 is 0. The van der Waals surface area contributed by atoms with Gasteiger partial charge in [0, 0.05) is 12.7 Å². The molecule has 0 aromatic heterocycles. The lowest BCUT2D eigenvalue weighted by Crippen LogP contribution is -2.37. The van der Waals surface area contributed by atoms with Crippen LogP contribution in [-0.2, 0) is 10.0 Å². The Bertz CT molecular complexity index is 1050. The lowest BCUT2D eigenvalue weighted by atomic mass is 9.88. The summed E-state index contributed by atoms with van der Waals surface area (Å²) in [7, 11) is -1.70. The van der Waals surface area contributed by atoms with E-state index in [0.717, 1.165) is 37.1 Å². The van der Waals surface area contributed by atoms with Gasteiger partial charge in [-0.25, -0.2) is 8.42 Å². The van der Waals surface area contributed by atoms with Gasteiger partial charge in [-0.05, 0) is 85.9 Å². The standard InChI is InChI=1S/C24H29N3O2S/c1-18-24(7-4-16-27(18)2)26-30(28,29)23-10-8-19(9-11-23)21-5-3-6-22(17-21)20-12-14-25-15-13-20/h3-11,16-18,20,25-26H,12-15H2,1-2H3. The van der Waals surface area contributed by atoms with Crippen LogP contribution in [0, 0.1) is 0 Å². The topological polar surface area (TPSA) is 61.4 Å². The normalized spacial score (nSPS) is 20.1. The van der Waals surface area contributed by atoms with Crippen molar-refractivity contribution in [1.82, 2.24) is 14.9 Å². The van der Waals surface area contributed by atoms with E-state index in [1.54, 1.807) is 12.1 Å². The molecular weight excluding hydrogens is 394 g/mol. The van der Waals surface area contributed by atoms with E-state index in [1.807, 2.05) is 49.4 Å². The quantitative estimate of drug-likeness (QED) is 0.767. The van der Waals surface area contributed by atoms with Crippen LogP contribution in [0.25, 0.3) is 11.1 Å². The van der Waals surface area contributed by atoms with Crippen LogP contribution in [0.1, 0.15) is 31.2 Å². The Morgan fingerprint density at radius 3 is 2.50 bits per heavy atom. The van der Waals surface area contributed by atoms with Crippen LogP contribution in [0.2, 0.25) is 0 Å². The third kappa shape index (κ3) is 4.45. The number of hydrogen-bond donors (Lipinski definition) is 2. The molecular formula is C24H29N3O2S. The van der Waals surface area contributed by atoms with Crippen LogP contribution in [0.15, 0.2) is 77.5 Å². The molecule has 158 valence electrons. The van der Waals surface area contributed by atoms with Gasteiger partial charge in [0.25, 0.3) is 10.0 Å². The summed E-state index contributed by atoms with van der Waals surface area (Å²) in [5.74, 6) is 0.591. The highest BCUT2D eigenvalue weighted by atomic mass is 32.2. The van der Waals surface area contributed by atoms with Crippen LogP contribution in [0.3, 0.4) is 0 Å². The van der Waals surface area contributed by atoms with Crippen molar-refractivity contribution in [3.8, 4) is 11.1 Å². The summed E-state index contributed by atoms with van der Waals surface area (Å²) in [6.07, 6.45) is 7.89. The van der Waals surface area contributed by atoms with Crippen LogP contribution >= 0.6 is 0 Å². The number of nitrogens with one attached hydrogen (secondary N) is 2. The van der Waals surface area contributed by atoms with Gasteiger partial charge in [-0.2, -0.15) is 0 Å². The highest BCUT2D eigenvalue weighted by Gasteiger charge is 2.21. The van der Waals surface area contributed by atoms with Crippen molar-refractivity contribution >= 4 is 10.0 Å². The smallest absolute Gasteiger partial charge is 0.261 e. The molecule has 4 rings (SSSR count). The summed E-state index contributed by atoms with van der Waals surface area (Å²) in [5.41, 5.74) is 4.18. The van der Waals surface area contributed by atoms with E-state index in [0.29, 0.717) is 11.6 Å². The van der Waals surface area contributed by atoms with Crippen molar-refractivity contribution in [2.24, 2.45) is 0 Å². The largest absolute Gasteiger partial charge is 0.372 e. The minimum atomic E-state index is -3.63. The molecule has 2 heterocycles. The van der Waals surface area contributed by atoms with E-state index in [2.05, 4.69) is 34.3 Å². The summed E-state index contributed by atoms with van der Waals surface area (Å²) in [6.45, 7) is 4.10. The number of hydrogen-bond acceptors (Lipinski definition) is 4. The molecule has 30 heavy (non-hydrogen) atoms. The number of likely N-dealkylation sites (N-methyl/N-ethyl adjacent to an activating group) is 1. The Labute approximate surface area is 179 Å². The molecule has 2 aromatic carbocycles. The number of sulfonamides is 1. The van der Waals surface area contributed by atoms with Gasteiger partial charge in [0.2, 0.25) is 0 Å². The highest BCUT2D eigenvalue weighted by molar-refractivity contribution is 7.89. The SMILES string of the molecule is CC1C(NS(=O)(=O)c2ccc(-c3cccc(C4CCNCC4)c3)cc2)=CC=CN1C. The molecule has 0 aliphatic carbocycles. The van der Waals surface area contributed by atoms with Crippen LogP contribution in [0.5, 0.6) is 0 Å². The lowest BCUT2D eigenvalue weighted by molar-refractivity contribution is 0.379. The maximum Gasteiger partial charge on any atom is 0.261 e. The van der Waals surface area contributed by atoms with E-state index in [4.69, 9.17) is 0 Å². The summed E-state index contributed by atoms with van der Waals surface area (Å²) in [6, 6.07) is 15.7. The first-order valence-corrected chi connectivity index (χ1v) is 12.0. The first-order chi connectivity index (χ1) is 14.4. The average Bonchev–Trinajstić information content (AvgIpc) is 2.78. The molecule has 2 aliphatic heterocycles. The molecule has 0 saturated carbocycles. The fraction of sp³-hybridized carbons (Fsp3) is 0.333. The van der Waals surface area contributed by atoms with Gasteiger partial charge in [0.1, 0.15) is 0 Å². The number of rotatable bonds is 5. The Balaban J connectivity index is 1.53. The molecule has 1 unspecified atom stereocenters. The Kier molecular flexibility index (Phi) is 5.97. The zero-order chi connectivity index (χ0) is 21.1. The molecule has 1 atom stereocenters. The van der Waals surface area contributed by atoms with E-state index >= 15 is 0 Å². The third-order valence-corrected chi connectivity index (χ3v) is 7.50. The predicted octanol–water partition coefficient (Wildman–Crippen LogP) is 3.83. The first kappa shape index (κ1) is 20.7. The molecule has 2 N–H and O–H groups in total. The highest BCUT2D eigenvalue weighted by Crippen LogP contribution is 2.29. The maximum atomic E-state index is 12.9. The fourth-order valence-electron chi connectivity index (χ4n) is 4.06. The van der Waals surface area contributed by atoms with Gasteiger partial charge < -0.3 is 10.2 Å². The first-order valence-electron chi connectivity index (χ1n) is 10.5. The fourth-order valence-corrected chi connectivity index (χ4v) is 5.22. The molecule has 1 fully saturated rings. The molecule has 0 radical (unpaired) electrons. The molecule has 0 spiro atoms. The van der Waals surface area contributed by atoms with Crippen molar-refractivity contribution in [2.45, 2.75) is 36.6 Å². The van der Waals surface area contributed by atoms with Crippen molar-refractivity contribution in [2.75, 3.05) is 20.1 Å². The Morgan fingerprint density at radius 2 is 1.77 bits per heavy atom. The zero-order valence-electron chi connectivity index (χ0n) is 17.5. The third-order valence-electron chi connectivity index (χ3n) is 6.11. The van der Waals surface area contributed by atoms with Crippen molar-refractivity contribution < 1.29 is 8.42 Å². The molecule has 6 heteroatoms. The lowest BCUT2D eigenvalue weighted by Gasteiger charge is -2.28. The van der Waals surface area contributed by atoms with Crippen LogP contribution in [-0.4, -0.2) is 39.5 Å². The maximum absolute atomic E-state index is 12.9. The van der Waals surface area contributed by atoms with Crippen LogP contribution in [0.4, 0.5) is 0 Å². The predicted molar refractivity (Wildman–Crippen MR) is 121 cm³/mol. The summed E-state index contributed by atoms with van der Waals surface area (Å²) < 4.78 is 28.5. The van der Waals surface area contributed by atoms with Gasteiger partial charge in [0.15, 0.2) is 0 Å². The minimum Gasteiger partial charge on any atom is -0.372 e. The van der Waals surface area contributed by atoms with Crippen molar-refractivity contribution in [1.29, 1.82) is 0 Å². The molecule has 2 aromatic rings.